The van der Waals surface area contributed by atoms with Gasteiger partial charge in [0.1, 0.15) is 5.60 Å². The van der Waals surface area contributed by atoms with Gasteiger partial charge in [0, 0.05) is 13.1 Å². The van der Waals surface area contributed by atoms with Gasteiger partial charge in [-0.1, -0.05) is 0 Å². The van der Waals surface area contributed by atoms with Gasteiger partial charge < -0.3 is 25.1 Å². The number of halogens is 1. The van der Waals surface area contributed by atoms with Gasteiger partial charge in [-0.05, 0) is 55.3 Å². The second-order valence-corrected chi connectivity index (χ2v) is 6.70. The molecule has 134 valence electrons. The number of carbonyl (C=O) groups excluding carboxylic acids is 3. The summed E-state index contributed by atoms with van der Waals surface area (Å²) in [6.45, 7) is 5.81. The number of amides is 3. The lowest BCUT2D eigenvalue weighted by Gasteiger charge is -2.19. The van der Waals surface area contributed by atoms with E-state index in [0.717, 1.165) is 0 Å². The Hall–Kier alpha value is -2.03. The topological polar surface area (TPSA) is 110 Å². The first kappa shape index (κ1) is 20.0. The molecule has 1 heterocycles. The van der Waals surface area contributed by atoms with E-state index in [1.54, 1.807) is 32.9 Å². The molecule has 0 aromatic carbocycles. The van der Waals surface area contributed by atoms with Crippen LogP contribution < -0.4 is 16.0 Å². The Morgan fingerprint density at radius 2 is 1.79 bits per heavy atom. The maximum atomic E-state index is 11.7. The first-order chi connectivity index (χ1) is 11.2. The molecule has 0 saturated carbocycles. The van der Waals surface area contributed by atoms with Crippen LogP contribution in [0.5, 0.6) is 0 Å². The molecule has 0 spiro atoms. The van der Waals surface area contributed by atoms with Crippen molar-refractivity contribution in [3.8, 4) is 0 Å². The van der Waals surface area contributed by atoms with Crippen LogP contribution in [0.1, 0.15) is 37.7 Å². The third-order valence-corrected chi connectivity index (χ3v) is 2.98. The highest BCUT2D eigenvalue weighted by atomic mass is 79.9. The molecule has 0 aliphatic rings. The molecule has 8 nitrogen and oxygen atoms in total. The summed E-state index contributed by atoms with van der Waals surface area (Å²) in [7, 11) is 0. The van der Waals surface area contributed by atoms with Gasteiger partial charge in [0.05, 0.1) is 6.54 Å². The normalized spacial score (nSPS) is 10.8. The van der Waals surface area contributed by atoms with Gasteiger partial charge in [0.15, 0.2) is 10.4 Å². The molecule has 0 aliphatic carbocycles. The standard InChI is InChI=1S/C15H22BrN3O5/c1-15(2,3)24-14(22)19-9-12(20)17-7-4-8-18-13(21)10-5-6-11(16)23-10/h5-6H,4,7-9H2,1-3H3,(H,17,20)(H,18,21)(H,19,22). The molecular formula is C15H22BrN3O5. The molecule has 0 bridgehead atoms. The molecule has 3 amide bonds. The maximum absolute atomic E-state index is 11.7. The van der Waals surface area contributed by atoms with Crippen molar-refractivity contribution in [2.24, 2.45) is 0 Å². The van der Waals surface area contributed by atoms with Gasteiger partial charge in [-0.2, -0.15) is 0 Å². The molecule has 1 rings (SSSR count). The zero-order chi connectivity index (χ0) is 18.2. The summed E-state index contributed by atoms with van der Waals surface area (Å²) in [6, 6.07) is 3.19. The largest absolute Gasteiger partial charge is 0.444 e. The van der Waals surface area contributed by atoms with Gasteiger partial charge >= 0.3 is 6.09 Å². The van der Waals surface area contributed by atoms with Crippen molar-refractivity contribution in [3.05, 3.63) is 22.6 Å². The van der Waals surface area contributed by atoms with E-state index in [1.165, 1.54) is 0 Å². The zero-order valence-electron chi connectivity index (χ0n) is 13.9. The van der Waals surface area contributed by atoms with E-state index < -0.39 is 11.7 Å². The van der Waals surface area contributed by atoms with E-state index >= 15 is 0 Å². The highest BCUT2D eigenvalue weighted by Gasteiger charge is 2.16. The molecular weight excluding hydrogens is 382 g/mol. The first-order valence-corrected chi connectivity index (χ1v) is 8.24. The third-order valence-electron chi connectivity index (χ3n) is 2.55. The van der Waals surface area contributed by atoms with Gasteiger partial charge in [-0.3, -0.25) is 9.59 Å². The number of hydrogen-bond donors (Lipinski definition) is 3. The molecule has 1 aromatic heterocycles. The van der Waals surface area contributed by atoms with Crippen LogP contribution in [0.4, 0.5) is 4.79 Å². The minimum atomic E-state index is -0.644. The van der Waals surface area contributed by atoms with Crippen LogP contribution in [0.2, 0.25) is 0 Å². The predicted octanol–water partition coefficient (Wildman–Crippen LogP) is 1.80. The average molecular weight is 404 g/mol. The minimum Gasteiger partial charge on any atom is -0.444 e. The highest BCUT2D eigenvalue weighted by Crippen LogP contribution is 2.13. The first-order valence-electron chi connectivity index (χ1n) is 7.44. The Balaban J connectivity index is 2.09. The molecule has 24 heavy (non-hydrogen) atoms. The molecule has 0 saturated heterocycles. The summed E-state index contributed by atoms with van der Waals surface area (Å²) in [5, 5.41) is 7.66. The maximum Gasteiger partial charge on any atom is 0.408 e. The smallest absolute Gasteiger partial charge is 0.408 e. The summed E-state index contributed by atoms with van der Waals surface area (Å²) in [5.74, 6) is -0.437. The van der Waals surface area contributed by atoms with Crippen molar-refractivity contribution in [2.45, 2.75) is 32.8 Å². The van der Waals surface area contributed by atoms with Crippen molar-refractivity contribution in [1.82, 2.24) is 16.0 Å². The molecule has 0 unspecified atom stereocenters. The summed E-state index contributed by atoms with van der Waals surface area (Å²) < 4.78 is 10.6. The molecule has 0 atom stereocenters. The number of hydrogen-bond acceptors (Lipinski definition) is 5. The fourth-order valence-electron chi connectivity index (χ4n) is 1.57. The number of nitrogens with one attached hydrogen (secondary N) is 3. The molecule has 9 heteroatoms. The number of carbonyl (C=O) groups is 3. The van der Waals surface area contributed by atoms with Crippen LogP contribution in [0.25, 0.3) is 0 Å². The van der Waals surface area contributed by atoms with Crippen LogP contribution in [-0.4, -0.2) is 43.1 Å². The average Bonchev–Trinajstić information content (AvgIpc) is 2.89. The van der Waals surface area contributed by atoms with Crippen molar-refractivity contribution in [2.75, 3.05) is 19.6 Å². The van der Waals surface area contributed by atoms with Crippen molar-refractivity contribution < 1.29 is 23.5 Å². The Kier molecular flexibility index (Phi) is 7.76. The SMILES string of the molecule is CC(C)(C)OC(=O)NCC(=O)NCCCNC(=O)c1ccc(Br)o1. The lowest BCUT2D eigenvalue weighted by Crippen LogP contribution is -2.40. The van der Waals surface area contributed by atoms with Crippen LogP contribution in [0.3, 0.4) is 0 Å². The second-order valence-electron chi connectivity index (χ2n) is 5.92. The monoisotopic (exact) mass is 403 g/mol. The lowest BCUT2D eigenvalue weighted by atomic mass is 10.2. The van der Waals surface area contributed by atoms with Crippen LogP contribution >= 0.6 is 15.9 Å². The van der Waals surface area contributed by atoms with Crippen molar-refractivity contribution in [1.29, 1.82) is 0 Å². The van der Waals surface area contributed by atoms with Crippen molar-refractivity contribution >= 4 is 33.8 Å². The van der Waals surface area contributed by atoms with Crippen molar-refractivity contribution in [3.63, 3.8) is 0 Å². The van der Waals surface area contributed by atoms with Crippen LogP contribution in [-0.2, 0) is 9.53 Å². The van der Waals surface area contributed by atoms with E-state index in [9.17, 15) is 14.4 Å². The zero-order valence-corrected chi connectivity index (χ0v) is 15.5. The van der Waals surface area contributed by atoms with E-state index in [2.05, 4.69) is 31.9 Å². The summed E-state index contributed by atoms with van der Waals surface area (Å²) in [5.41, 5.74) is -0.609. The van der Waals surface area contributed by atoms with Crippen LogP contribution in [0.15, 0.2) is 21.2 Å². The highest BCUT2D eigenvalue weighted by molar-refractivity contribution is 9.10. The Morgan fingerprint density at radius 1 is 1.12 bits per heavy atom. The third kappa shape index (κ3) is 8.56. The van der Waals surface area contributed by atoms with E-state index in [0.29, 0.717) is 24.2 Å². The molecule has 0 aliphatic heterocycles. The molecule has 1 aromatic rings. The van der Waals surface area contributed by atoms with E-state index in [-0.39, 0.29) is 24.1 Å². The van der Waals surface area contributed by atoms with E-state index in [1.807, 2.05) is 0 Å². The minimum absolute atomic E-state index is 0.165. The number of alkyl carbamates (subject to hydrolysis) is 1. The summed E-state index contributed by atoms with van der Waals surface area (Å²) in [6.07, 6.45) is -0.0965. The fraction of sp³-hybridized carbons (Fsp3) is 0.533. The Morgan fingerprint density at radius 3 is 2.38 bits per heavy atom. The van der Waals surface area contributed by atoms with E-state index in [4.69, 9.17) is 9.15 Å². The Labute approximate surface area is 148 Å². The van der Waals surface area contributed by atoms with Gasteiger partial charge in [-0.15, -0.1) is 0 Å². The molecule has 3 N–H and O–H groups in total. The number of furan rings is 1. The summed E-state index contributed by atoms with van der Waals surface area (Å²) >= 11 is 3.12. The summed E-state index contributed by atoms with van der Waals surface area (Å²) in [4.78, 5) is 34.6. The number of ether oxygens (including phenoxy) is 1. The quantitative estimate of drug-likeness (QED) is 0.601. The lowest BCUT2D eigenvalue weighted by molar-refractivity contribution is -0.120. The van der Waals surface area contributed by atoms with Gasteiger partial charge in [-0.25, -0.2) is 4.79 Å². The molecule has 0 fully saturated rings. The Bertz CT molecular complexity index is 580. The number of rotatable bonds is 7. The molecule has 0 radical (unpaired) electrons. The fourth-order valence-corrected chi connectivity index (χ4v) is 1.88. The van der Waals surface area contributed by atoms with Crippen LogP contribution in [0, 0.1) is 0 Å². The van der Waals surface area contributed by atoms with Gasteiger partial charge in [0.2, 0.25) is 5.91 Å². The predicted molar refractivity (Wildman–Crippen MR) is 90.6 cm³/mol. The second kappa shape index (κ2) is 9.31. The van der Waals surface area contributed by atoms with Gasteiger partial charge in [0.25, 0.3) is 5.91 Å².